The molecule has 19 heavy (non-hydrogen) atoms. The summed E-state index contributed by atoms with van der Waals surface area (Å²) in [4.78, 5) is 11.6. The lowest BCUT2D eigenvalue weighted by Gasteiger charge is -2.20. The molecule has 106 valence electrons. The zero-order valence-corrected chi connectivity index (χ0v) is 12.5. The van der Waals surface area contributed by atoms with Crippen molar-refractivity contribution >= 4 is 5.91 Å². The van der Waals surface area contributed by atoms with Gasteiger partial charge < -0.3 is 10.1 Å². The van der Waals surface area contributed by atoms with Gasteiger partial charge in [0.1, 0.15) is 5.75 Å². The molecule has 0 aliphatic heterocycles. The van der Waals surface area contributed by atoms with E-state index in [1.165, 1.54) is 5.56 Å². The molecule has 1 aromatic rings. The van der Waals surface area contributed by atoms with Crippen molar-refractivity contribution in [3.8, 4) is 5.75 Å². The first-order chi connectivity index (χ1) is 8.90. The maximum absolute atomic E-state index is 11.6. The minimum atomic E-state index is -0.132. The van der Waals surface area contributed by atoms with Crippen LogP contribution in [-0.2, 0) is 11.2 Å². The average molecular weight is 263 g/mol. The molecule has 0 atom stereocenters. The van der Waals surface area contributed by atoms with Gasteiger partial charge in [-0.05, 0) is 57.7 Å². The lowest BCUT2D eigenvalue weighted by atomic mass is 10.1. The minimum Gasteiger partial charge on any atom is -0.497 e. The minimum absolute atomic E-state index is 0.132. The van der Waals surface area contributed by atoms with Crippen molar-refractivity contribution in [2.45, 2.75) is 52.0 Å². The van der Waals surface area contributed by atoms with Crippen molar-refractivity contribution in [1.82, 2.24) is 5.32 Å². The molecule has 0 bridgehead atoms. The van der Waals surface area contributed by atoms with Crippen LogP contribution in [0.5, 0.6) is 5.75 Å². The van der Waals surface area contributed by atoms with E-state index in [0.717, 1.165) is 25.0 Å². The molecule has 0 aliphatic carbocycles. The number of carbonyl (C=O) groups excluding carboxylic acids is 1. The van der Waals surface area contributed by atoms with E-state index in [-0.39, 0.29) is 11.4 Å². The van der Waals surface area contributed by atoms with Crippen LogP contribution in [0.1, 0.15) is 45.6 Å². The molecule has 1 amide bonds. The van der Waals surface area contributed by atoms with Crippen LogP contribution in [0.3, 0.4) is 0 Å². The van der Waals surface area contributed by atoms with Crippen molar-refractivity contribution in [2.24, 2.45) is 0 Å². The highest BCUT2D eigenvalue weighted by Gasteiger charge is 2.12. The summed E-state index contributed by atoms with van der Waals surface area (Å²) in [5.41, 5.74) is 1.16. The summed E-state index contributed by atoms with van der Waals surface area (Å²) < 4.78 is 5.12. The van der Waals surface area contributed by atoms with E-state index in [9.17, 15) is 4.79 Å². The quantitative estimate of drug-likeness (QED) is 0.800. The Morgan fingerprint density at radius 1 is 1.16 bits per heavy atom. The molecule has 0 heterocycles. The maximum Gasteiger partial charge on any atom is 0.220 e. The number of rotatable bonds is 6. The van der Waals surface area contributed by atoms with Crippen LogP contribution >= 0.6 is 0 Å². The van der Waals surface area contributed by atoms with Crippen molar-refractivity contribution < 1.29 is 9.53 Å². The summed E-state index contributed by atoms with van der Waals surface area (Å²) in [6.07, 6.45) is 3.57. The first-order valence-corrected chi connectivity index (χ1v) is 6.84. The van der Waals surface area contributed by atoms with Crippen LogP contribution in [0.4, 0.5) is 0 Å². The molecule has 0 aliphatic rings. The van der Waals surface area contributed by atoms with Crippen LogP contribution in [-0.4, -0.2) is 18.6 Å². The van der Waals surface area contributed by atoms with Gasteiger partial charge in [-0.1, -0.05) is 12.1 Å². The van der Waals surface area contributed by atoms with Gasteiger partial charge in [0, 0.05) is 12.0 Å². The first kappa shape index (κ1) is 15.5. The molecule has 0 saturated heterocycles. The van der Waals surface area contributed by atoms with Crippen LogP contribution in [0.25, 0.3) is 0 Å². The summed E-state index contributed by atoms with van der Waals surface area (Å²) in [5.74, 6) is 1.02. The zero-order chi connectivity index (χ0) is 14.3. The van der Waals surface area contributed by atoms with Gasteiger partial charge in [-0.25, -0.2) is 0 Å². The molecule has 0 spiro atoms. The van der Waals surface area contributed by atoms with Crippen molar-refractivity contribution in [2.75, 3.05) is 7.11 Å². The fourth-order valence-corrected chi connectivity index (χ4v) is 1.89. The summed E-state index contributed by atoms with van der Waals surface area (Å²) in [5, 5.41) is 2.98. The highest BCUT2D eigenvalue weighted by Crippen LogP contribution is 2.13. The topological polar surface area (TPSA) is 38.3 Å². The summed E-state index contributed by atoms with van der Waals surface area (Å²) in [6.45, 7) is 6.01. The number of methoxy groups -OCH3 is 1. The number of unbranched alkanes of at least 4 members (excludes halogenated alkanes) is 1. The third-order valence-electron chi connectivity index (χ3n) is 2.79. The molecule has 0 unspecified atom stereocenters. The standard InChI is InChI=1S/C16H25NO2/c1-16(2,3)17-15(18)8-6-5-7-13-9-11-14(19-4)12-10-13/h9-12H,5-8H2,1-4H3,(H,17,18). The number of hydrogen-bond acceptors (Lipinski definition) is 2. The Morgan fingerprint density at radius 3 is 2.32 bits per heavy atom. The molecule has 1 aromatic carbocycles. The second-order valence-corrected chi connectivity index (χ2v) is 5.85. The van der Waals surface area contributed by atoms with E-state index in [1.807, 2.05) is 32.9 Å². The Kier molecular flexibility index (Phi) is 5.87. The Hall–Kier alpha value is -1.51. The molecule has 1 N–H and O–H groups in total. The lowest BCUT2D eigenvalue weighted by molar-refractivity contribution is -0.122. The molecule has 0 radical (unpaired) electrons. The molecule has 0 fully saturated rings. The zero-order valence-electron chi connectivity index (χ0n) is 12.5. The van der Waals surface area contributed by atoms with Gasteiger partial charge in [-0.2, -0.15) is 0 Å². The lowest BCUT2D eigenvalue weighted by Crippen LogP contribution is -2.40. The third kappa shape index (κ3) is 6.85. The van der Waals surface area contributed by atoms with Crippen LogP contribution in [0.15, 0.2) is 24.3 Å². The van der Waals surface area contributed by atoms with E-state index in [4.69, 9.17) is 4.74 Å². The molecular formula is C16H25NO2. The molecule has 0 aromatic heterocycles. The fraction of sp³-hybridized carbons (Fsp3) is 0.562. The number of hydrogen-bond donors (Lipinski definition) is 1. The Morgan fingerprint density at radius 2 is 1.79 bits per heavy atom. The van der Waals surface area contributed by atoms with Gasteiger partial charge in [-0.3, -0.25) is 4.79 Å². The number of ether oxygens (including phenoxy) is 1. The SMILES string of the molecule is COc1ccc(CCCCC(=O)NC(C)(C)C)cc1. The van der Waals surface area contributed by atoms with E-state index in [2.05, 4.69) is 17.4 Å². The molecule has 1 rings (SSSR count). The third-order valence-corrected chi connectivity index (χ3v) is 2.79. The van der Waals surface area contributed by atoms with E-state index < -0.39 is 0 Å². The monoisotopic (exact) mass is 263 g/mol. The van der Waals surface area contributed by atoms with E-state index in [0.29, 0.717) is 6.42 Å². The summed E-state index contributed by atoms with van der Waals surface area (Å²) in [6, 6.07) is 8.10. The number of aryl methyl sites for hydroxylation is 1. The maximum atomic E-state index is 11.6. The number of carbonyl (C=O) groups is 1. The smallest absolute Gasteiger partial charge is 0.220 e. The van der Waals surface area contributed by atoms with Gasteiger partial charge in [0.25, 0.3) is 0 Å². The van der Waals surface area contributed by atoms with E-state index in [1.54, 1.807) is 7.11 Å². The molecule has 3 nitrogen and oxygen atoms in total. The second kappa shape index (κ2) is 7.17. The summed E-state index contributed by atoms with van der Waals surface area (Å²) in [7, 11) is 1.67. The Bertz CT molecular complexity index is 390. The number of amides is 1. The fourth-order valence-electron chi connectivity index (χ4n) is 1.89. The van der Waals surface area contributed by atoms with Crippen molar-refractivity contribution in [3.63, 3.8) is 0 Å². The van der Waals surface area contributed by atoms with Gasteiger partial charge in [0.15, 0.2) is 0 Å². The molecular weight excluding hydrogens is 238 g/mol. The molecule has 0 saturated carbocycles. The number of nitrogens with one attached hydrogen (secondary N) is 1. The largest absolute Gasteiger partial charge is 0.497 e. The predicted octanol–water partition coefficient (Wildman–Crippen LogP) is 3.32. The predicted molar refractivity (Wildman–Crippen MR) is 78.4 cm³/mol. The normalized spacial score (nSPS) is 11.2. The van der Waals surface area contributed by atoms with Crippen molar-refractivity contribution in [1.29, 1.82) is 0 Å². The Balaban J connectivity index is 2.21. The van der Waals surface area contributed by atoms with Gasteiger partial charge in [-0.15, -0.1) is 0 Å². The highest BCUT2D eigenvalue weighted by atomic mass is 16.5. The van der Waals surface area contributed by atoms with Crippen LogP contribution in [0, 0.1) is 0 Å². The van der Waals surface area contributed by atoms with Crippen molar-refractivity contribution in [3.05, 3.63) is 29.8 Å². The molecule has 3 heteroatoms. The van der Waals surface area contributed by atoms with Gasteiger partial charge >= 0.3 is 0 Å². The second-order valence-electron chi connectivity index (χ2n) is 5.85. The van der Waals surface area contributed by atoms with E-state index >= 15 is 0 Å². The van der Waals surface area contributed by atoms with Gasteiger partial charge in [0.05, 0.1) is 7.11 Å². The van der Waals surface area contributed by atoms with Crippen LogP contribution in [0.2, 0.25) is 0 Å². The highest BCUT2D eigenvalue weighted by molar-refractivity contribution is 5.76. The summed E-state index contributed by atoms with van der Waals surface area (Å²) >= 11 is 0. The van der Waals surface area contributed by atoms with Crippen LogP contribution < -0.4 is 10.1 Å². The average Bonchev–Trinajstić information content (AvgIpc) is 2.33. The number of benzene rings is 1. The Labute approximate surface area is 116 Å². The first-order valence-electron chi connectivity index (χ1n) is 6.84. The van der Waals surface area contributed by atoms with Gasteiger partial charge in [0.2, 0.25) is 5.91 Å².